The molecule has 2 aromatic heterocycles. The summed E-state index contributed by atoms with van der Waals surface area (Å²) in [6.45, 7) is 1.79. The summed E-state index contributed by atoms with van der Waals surface area (Å²) < 4.78 is 0. The minimum atomic E-state index is -0.947. The normalized spacial score (nSPS) is 10.8. The lowest BCUT2D eigenvalue weighted by Gasteiger charge is -2.06. The average molecular weight is 253 g/mol. The van der Waals surface area contributed by atoms with Gasteiger partial charge in [-0.3, -0.25) is 10.1 Å². The first kappa shape index (κ1) is 11.4. The number of nitrogens with zero attached hydrogens (tertiary/aromatic N) is 2. The van der Waals surface area contributed by atoms with Gasteiger partial charge in [0.2, 0.25) is 0 Å². The van der Waals surface area contributed by atoms with E-state index in [0.29, 0.717) is 16.6 Å². The van der Waals surface area contributed by atoms with Crippen LogP contribution in [0.4, 0.5) is 0 Å². The van der Waals surface area contributed by atoms with Crippen molar-refractivity contribution in [2.45, 2.75) is 6.92 Å². The van der Waals surface area contributed by atoms with Crippen molar-refractivity contribution < 1.29 is 9.90 Å². The third kappa shape index (κ3) is 1.95. The number of rotatable bonds is 2. The molecule has 0 unspecified atom stereocenters. The van der Waals surface area contributed by atoms with Gasteiger partial charge in [-0.1, -0.05) is 6.07 Å². The van der Waals surface area contributed by atoms with Crippen molar-refractivity contribution in [1.29, 1.82) is 0 Å². The van der Waals surface area contributed by atoms with Crippen LogP contribution in [0.15, 0.2) is 36.5 Å². The van der Waals surface area contributed by atoms with E-state index in [1.165, 1.54) is 0 Å². The zero-order valence-corrected chi connectivity index (χ0v) is 10.2. The molecule has 0 fully saturated rings. The first-order valence-electron chi connectivity index (χ1n) is 5.79. The lowest BCUT2D eigenvalue weighted by Crippen LogP contribution is -2.00. The van der Waals surface area contributed by atoms with Crippen LogP contribution in [0.1, 0.15) is 16.1 Å². The van der Waals surface area contributed by atoms with Gasteiger partial charge in [0.1, 0.15) is 0 Å². The summed E-state index contributed by atoms with van der Waals surface area (Å²) in [5.41, 5.74) is 3.38. The van der Waals surface area contributed by atoms with Gasteiger partial charge in [-0.15, -0.1) is 0 Å². The average Bonchev–Trinajstić information content (AvgIpc) is 2.91. The second-order valence-electron chi connectivity index (χ2n) is 4.32. The summed E-state index contributed by atoms with van der Waals surface area (Å²) in [4.78, 5) is 15.7. The Labute approximate surface area is 108 Å². The molecule has 0 saturated heterocycles. The number of hydrogen-bond donors (Lipinski definition) is 2. The molecule has 2 heterocycles. The van der Waals surface area contributed by atoms with E-state index in [9.17, 15) is 9.90 Å². The van der Waals surface area contributed by atoms with Crippen LogP contribution in [0.5, 0.6) is 0 Å². The fourth-order valence-corrected chi connectivity index (χ4v) is 2.12. The van der Waals surface area contributed by atoms with E-state index in [1.54, 1.807) is 19.2 Å². The minimum Gasteiger partial charge on any atom is -0.478 e. The van der Waals surface area contributed by atoms with Crippen LogP contribution in [0, 0.1) is 6.92 Å². The molecule has 0 aliphatic rings. The van der Waals surface area contributed by atoms with Gasteiger partial charge in [-0.2, -0.15) is 5.10 Å². The molecule has 0 aliphatic heterocycles. The Hall–Kier alpha value is -2.69. The van der Waals surface area contributed by atoms with E-state index in [4.69, 9.17) is 0 Å². The van der Waals surface area contributed by atoms with Gasteiger partial charge in [0.15, 0.2) is 0 Å². The van der Waals surface area contributed by atoms with Gasteiger partial charge < -0.3 is 5.11 Å². The zero-order valence-electron chi connectivity index (χ0n) is 10.2. The third-order valence-corrected chi connectivity index (χ3v) is 2.98. The van der Waals surface area contributed by atoms with Crippen molar-refractivity contribution in [3.8, 4) is 11.3 Å². The largest absolute Gasteiger partial charge is 0.478 e. The highest BCUT2D eigenvalue weighted by Crippen LogP contribution is 2.25. The monoisotopic (exact) mass is 253 g/mol. The van der Waals surface area contributed by atoms with Crippen molar-refractivity contribution in [2.24, 2.45) is 0 Å². The van der Waals surface area contributed by atoms with Crippen molar-refractivity contribution >= 4 is 16.9 Å². The molecule has 19 heavy (non-hydrogen) atoms. The van der Waals surface area contributed by atoms with Crippen molar-refractivity contribution in [3.63, 3.8) is 0 Å². The second kappa shape index (κ2) is 4.20. The summed E-state index contributed by atoms with van der Waals surface area (Å²) in [6.07, 6.45) is 1.66. The number of carboxylic acid groups (broad SMARTS) is 1. The molecular formula is C14H11N3O2. The van der Waals surface area contributed by atoms with Crippen molar-refractivity contribution in [1.82, 2.24) is 15.2 Å². The Bertz CT molecular complexity index is 764. The lowest BCUT2D eigenvalue weighted by atomic mass is 10.0. The van der Waals surface area contributed by atoms with Gasteiger partial charge >= 0.3 is 5.97 Å². The number of aromatic amines is 1. The number of hydrogen-bond acceptors (Lipinski definition) is 3. The van der Waals surface area contributed by atoms with Gasteiger partial charge in [-0.25, -0.2) is 4.79 Å². The van der Waals surface area contributed by atoms with Crippen LogP contribution >= 0.6 is 0 Å². The Morgan fingerprint density at radius 1 is 1.26 bits per heavy atom. The maximum atomic E-state index is 11.3. The molecule has 0 amide bonds. The number of carboxylic acids is 1. The number of nitrogens with one attached hydrogen (secondary N) is 1. The van der Waals surface area contributed by atoms with E-state index < -0.39 is 5.97 Å². The fraction of sp³-hybridized carbons (Fsp3) is 0.0714. The number of benzene rings is 1. The molecule has 3 aromatic rings. The number of aromatic carboxylic acids is 1. The predicted molar refractivity (Wildman–Crippen MR) is 71.0 cm³/mol. The number of aryl methyl sites for hydroxylation is 1. The van der Waals surface area contributed by atoms with Gasteiger partial charge in [0.25, 0.3) is 0 Å². The SMILES string of the molecule is Cc1cc(C(=O)O)c2cc(-c3ccn[nH]3)ccc2n1. The van der Waals surface area contributed by atoms with E-state index in [0.717, 1.165) is 11.3 Å². The van der Waals surface area contributed by atoms with Gasteiger partial charge in [0, 0.05) is 22.8 Å². The Morgan fingerprint density at radius 2 is 2.11 bits per heavy atom. The quantitative estimate of drug-likeness (QED) is 0.735. The lowest BCUT2D eigenvalue weighted by molar-refractivity contribution is 0.0699. The van der Waals surface area contributed by atoms with Crippen LogP contribution in [0.3, 0.4) is 0 Å². The number of aromatic nitrogens is 3. The van der Waals surface area contributed by atoms with E-state index in [2.05, 4.69) is 15.2 Å². The highest BCUT2D eigenvalue weighted by Gasteiger charge is 2.11. The number of carbonyl (C=O) groups is 1. The molecule has 3 rings (SSSR count). The number of pyridine rings is 1. The van der Waals surface area contributed by atoms with E-state index in [-0.39, 0.29) is 5.56 Å². The maximum absolute atomic E-state index is 11.3. The summed E-state index contributed by atoms with van der Waals surface area (Å²) in [7, 11) is 0. The summed E-state index contributed by atoms with van der Waals surface area (Å²) >= 11 is 0. The topological polar surface area (TPSA) is 78.9 Å². The predicted octanol–water partition coefficient (Wildman–Crippen LogP) is 2.63. The molecule has 94 valence electrons. The van der Waals surface area contributed by atoms with Crippen LogP contribution in [0.2, 0.25) is 0 Å². The van der Waals surface area contributed by atoms with Crippen LogP contribution in [-0.2, 0) is 0 Å². The maximum Gasteiger partial charge on any atom is 0.336 e. The van der Waals surface area contributed by atoms with Crippen molar-refractivity contribution in [3.05, 3.63) is 47.8 Å². The first-order chi connectivity index (χ1) is 9.15. The molecule has 2 N–H and O–H groups in total. The molecule has 1 aromatic carbocycles. The molecule has 0 spiro atoms. The van der Waals surface area contributed by atoms with Crippen LogP contribution < -0.4 is 0 Å². The van der Waals surface area contributed by atoms with Crippen LogP contribution in [0.25, 0.3) is 22.2 Å². The Kier molecular flexibility index (Phi) is 2.52. The zero-order chi connectivity index (χ0) is 13.4. The summed E-state index contributed by atoms with van der Waals surface area (Å²) in [5, 5.41) is 16.7. The second-order valence-corrected chi connectivity index (χ2v) is 4.32. The summed E-state index contributed by atoms with van der Waals surface area (Å²) in [5.74, 6) is -0.947. The molecule has 0 saturated carbocycles. The minimum absolute atomic E-state index is 0.267. The highest BCUT2D eigenvalue weighted by molar-refractivity contribution is 6.03. The van der Waals surface area contributed by atoms with Gasteiger partial charge in [-0.05, 0) is 31.2 Å². The first-order valence-corrected chi connectivity index (χ1v) is 5.79. The standard InChI is InChI=1S/C14H11N3O2/c1-8-6-11(14(18)19)10-7-9(2-3-13(10)16-8)12-4-5-15-17-12/h2-7H,1H3,(H,15,17)(H,18,19). The van der Waals surface area contributed by atoms with Crippen LogP contribution in [-0.4, -0.2) is 26.3 Å². The molecule has 5 nitrogen and oxygen atoms in total. The fourth-order valence-electron chi connectivity index (χ4n) is 2.12. The highest BCUT2D eigenvalue weighted by atomic mass is 16.4. The number of H-pyrrole nitrogens is 1. The van der Waals surface area contributed by atoms with E-state index >= 15 is 0 Å². The molecule has 5 heteroatoms. The Morgan fingerprint density at radius 3 is 2.79 bits per heavy atom. The van der Waals surface area contributed by atoms with E-state index in [1.807, 2.05) is 24.3 Å². The summed E-state index contributed by atoms with van der Waals surface area (Å²) in [6, 6.07) is 8.96. The van der Waals surface area contributed by atoms with Gasteiger partial charge in [0.05, 0.1) is 16.8 Å². The molecule has 0 atom stereocenters. The molecule has 0 aliphatic carbocycles. The smallest absolute Gasteiger partial charge is 0.336 e. The third-order valence-electron chi connectivity index (χ3n) is 2.98. The molecule has 0 bridgehead atoms. The molecule has 0 radical (unpaired) electrons. The molecular weight excluding hydrogens is 242 g/mol. The Balaban J connectivity index is 2.30. The van der Waals surface area contributed by atoms with Crippen molar-refractivity contribution in [2.75, 3.05) is 0 Å². The number of fused-ring (bicyclic) bond motifs is 1.